The van der Waals surface area contributed by atoms with Gasteiger partial charge in [0.05, 0.1) is 20.3 Å². The second kappa shape index (κ2) is 5.10. The lowest BCUT2D eigenvalue weighted by molar-refractivity contribution is -0.0973. The van der Waals surface area contributed by atoms with Crippen molar-refractivity contribution in [1.82, 2.24) is 5.32 Å². The molecule has 2 fully saturated rings. The molecule has 2 aliphatic heterocycles. The predicted molar refractivity (Wildman–Crippen MR) is 71.0 cm³/mol. The highest BCUT2D eigenvalue weighted by Crippen LogP contribution is 2.46. The molecule has 19 heavy (non-hydrogen) atoms. The Labute approximate surface area is 113 Å². The molecule has 3 nitrogen and oxygen atoms in total. The van der Waals surface area contributed by atoms with Gasteiger partial charge in [-0.15, -0.1) is 0 Å². The third-order valence-corrected chi connectivity index (χ3v) is 4.54. The van der Waals surface area contributed by atoms with Gasteiger partial charge in [0.1, 0.15) is 11.6 Å². The van der Waals surface area contributed by atoms with E-state index < -0.39 is 0 Å². The van der Waals surface area contributed by atoms with Gasteiger partial charge in [0.15, 0.2) is 0 Å². The second-order valence-corrected chi connectivity index (χ2v) is 5.52. The third-order valence-electron chi connectivity index (χ3n) is 4.54. The lowest BCUT2D eigenvalue weighted by atomic mass is 9.65. The van der Waals surface area contributed by atoms with E-state index >= 15 is 0 Å². The fraction of sp³-hybridized carbons (Fsp3) is 0.600. The maximum Gasteiger partial charge on any atom is 0.123 e. The zero-order valence-electron chi connectivity index (χ0n) is 11.2. The first-order chi connectivity index (χ1) is 9.26. The van der Waals surface area contributed by atoms with E-state index in [-0.39, 0.29) is 11.2 Å². The van der Waals surface area contributed by atoms with Crippen molar-refractivity contribution in [2.75, 3.05) is 33.4 Å². The Bertz CT molecular complexity index is 453. The molecule has 0 bridgehead atoms. The third kappa shape index (κ3) is 2.13. The zero-order chi connectivity index (χ0) is 13.3. The van der Waals surface area contributed by atoms with E-state index in [1.54, 1.807) is 19.2 Å². The summed E-state index contributed by atoms with van der Waals surface area (Å²) in [5, 5.41) is 3.38. The Balaban J connectivity index is 1.99. The van der Waals surface area contributed by atoms with Crippen molar-refractivity contribution in [2.24, 2.45) is 5.92 Å². The highest BCUT2D eigenvalue weighted by atomic mass is 19.1. The number of rotatable bonds is 3. The molecule has 4 heteroatoms. The molecule has 0 unspecified atom stereocenters. The quantitative estimate of drug-likeness (QED) is 0.908. The predicted octanol–water partition coefficient (Wildman–Crippen LogP) is 2.10. The van der Waals surface area contributed by atoms with Gasteiger partial charge in [0.25, 0.3) is 0 Å². The maximum atomic E-state index is 13.6. The van der Waals surface area contributed by atoms with Crippen LogP contribution in [0.25, 0.3) is 0 Å². The summed E-state index contributed by atoms with van der Waals surface area (Å²) in [4.78, 5) is 0. The fourth-order valence-electron chi connectivity index (χ4n) is 3.38. The number of hydrogen-bond donors (Lipinski definition) is 1. The summed E-state index contributed by atoms with van der Waals surface area (Å²) < 4.78 is 24.6. The molecule has 0 atom stereocenters. The molecule has 2 aliphatic rings. The van der Waals surface area contributed by atoms with Crippen LogP contribution in [0, 0.1) is 11.7 Å². The molecule has 104 valence electrons. The normalized spacial score (nSPS) is 22.8. The Morgan fingerprint density at radius 1 is 1.32 bits per heavy atom. The average molecular weight is 265 g/mol. The van der Waals surface area contributed by atoms with E-state index in [0.717, 1.165) is 37.2 Å². The number of ether oxygens (including phenoxy) is 2. The highest BCUT2D eigenvalue weighted by molar-refractivity contribution is 5.42. The molecule has 1 aromatic carbocycles. The van der Waals surface area contributed by atoms with Crippen molar-refractivity contribution >= 4 is 0 Å². The van der Waals surface area contributed by atoms with Crippen LogP contribution >= 0.6 is 0 Å². The van der Waals surface area contributed by atoms with Crippen molar-refractivity contribution in [1.29, 1.82) is 0 Å². The van der Waals surface area contributed by atoms with Gasteiger partial charge in [0.2, 0.25) is 0 Å². The number of halogens is 1. The van der Waals surface area contributed by atoms with E-state index in [2.05, 4.69) is 5.32 Å². The summed E-state index contributed by atoms with van der Waals surface area (Å²) in [5.41, 5.74) is 0.920. The molecule has 0 amide bonds. The van der Waals surface area contributed by atoms with E-state index in [1.165, 1.54) is 6.07 Å². The van der Waals surface area contributed by atoms with Crippen LogP contribution in [0.1, 0.15) is 18.4 Å². The van der Waals surface area contributed by atoms with Crippen molar-refractivity contribution in [2.45, 2.75) is 18.3 Å². The molecule has 3 rings (SSSR count). The number of benzene rings is 1. The molecule has 0 spiro atoms. The topological polar surface area (TPSA) is 30.5 Å². The first kappa shape index (κ1) is 12.9. The summed E-state index contributed by atoms with van der Waals surface area (Å²) in [7, 11) is 1.65. The first-order valence-corrected chi connectivity index (χ1v) is 6.89. The van der Waals surface area contributed by atoms with E-state index in [4.69, 9.17) is 9.47 Å². The van der Waals surface area contributed by atoms with Gasteiger partial charge in [-0.2, -0.15) is 0 Å². The molecule has 0 aliphatic carbocycles. The van der Waals surface area contributed by atoms with Crippen LogP contribution in [0.4, 0.5) is 4.39 Å². The molecule has 0 aromatic heterocycles. The van der Waals surface area contributed by atoms with Gasteiger partial charge in [-0.25, -0.2) is 4.39 Å². The molecule has 2 saturated heterocycles. The largest absolute Gasteiger partial charge is 0.496 e. The average Bonchev–Trinajstić information content (AvgIpc) is 2.39. The molecular formula is C15H20FNO2. The van der Waals surface area contributed by atoms with Crippen molar-refractivity contribution < 1.29 is 13.9 Å². The number of hydrogen-bond acceptors (Lipinski definition) is 3. The van der Waals surface area contributed by atoms with Crippen molar-refractivity contribution in [3.05, 3.63) is 29.6 Å². The van der Waals surface area contributed by atoms with Gasteiger partial charge in [-0.05, 0) is 50.0 Å². The highest BCUT2D eigenvalue weighted by Gasteiger charge is 2.48. The van der Waals surface area contributed by atoms with E-state index in [9.17, 15) is 4.39 Å². The monoisotopic (exact) mass is 265 g/mol. The molecule has 0 radical (unpaired) electrons. The lowest BCUT2D eigenvalue weighted by Crippen LogP contribution is -2.55. The maximum absolute atomic E-state index is 13.6. The van der Waals surface area contributed by atoms with E-state index in [0.29, 0.717) is 19.1 Å². The van der Waals surface area contributed by atoms with Crippen LogP contribution in [0.5, 0.6) is 5.75 Å². The summed E-state index contributed by atoms with van der Waals surface area (Å²) in [6.07, 6.45) is 2.23. The number of piperidine rings is 1. The van der Waals surface area contributed by atoms with E-state index in [1.807, 2.05) is 0 Å². The molecule has 2 heterocycles. The summed E-state index contributed by atoms with van der Waals surface area (Å²) in [5.74, 6) is 1.12. The molecular weight excluding hydrogens is 245 g/mol. The summed E-state index contributed by atoms with van der Waals surface area (Å²) in [6, 6.07) is 4.81. The SMILES string of the molecule is COc1ccc(F)cc1C1(C2CCNCC2)COC1. The molecule has 0 saturated carbocycles. The Kier molecular flexibility index (Phi) is 3.46. The summed E-state index contributed by atoms with van der Waals surface area (Å²) >= 11 is 0. The van der Waals surface area contributed by atoms with Crippen molar-refractivity contribution in [3.8, 4) is 5.75 Å². The van der Waals surface area contributed by atoms with Gasteiger partial charge < -0.3 is 14.8 Å². The van der Waals surface area contributed by atoms with Crippen LogP contribution in [-0.4, -0.2) is 33.4 Å². The summed E-state index contributed by atoms with van der Waals surface area (Å²) in [6.45, 7) is 3.42. The minimum absolute atomic E-state index is 0.0600. The molecule has 1 N–H and O–H groups in total. The van der Waals surface area contributed by atoms with Gasteiger partial charge in [-0.3, -0.25) is 0 Å². The zero-order valence-corrected chi connectivity index (χ0v) is 11.2. The lowest BCUT2D eigenvalue weighted by Gasteiger charge is -2.49. The number of nitrogens with one attached hydrogen (secondary N) is 1. The minimum Gasteiger partial charge on any atom is -0.496 e. The Hall–Kier alpha value is -1.13. The standard InChI is InChI=1S/C15H20FNO2/c1-18-14-3-2-12(16)8-13(14)15(9-19-10-15)11-4-6-17-7-5-11/h2-3,8,11,17H,4-7,9-10H2,1H3. The van der Waals surface area contributed by atoms with Crippen LogP contribution in [-0.2, 0) is 10.2 Å². The van der Waals surface area contributed by atoms with Gasteiger partial charge >= 0.3 is 0 Å². The van der Waals surface area contributed by atoms with Crippen LogP contribution in [0.2, 0.25) is 0 Å². The number of methoxy groups -OCH3 is 1. The molecule has 1 aromatic rings. The van der Waals surface area contributed by atoms with Crippen LogP contribution < -0.4 is 10.1 Å². The first-order valence-electron chi connectivity index (χ1n) is 6.89. The van der Waals surface area contributed by atoms with Crippen LogP contribution in [0.15, 0.2) is 18.2 Å². The Morgan fingerprint density at radius 3 is 2.63 bits per heavy atom. The van der Waals surface area contributed by atoms with Crippen LogP contribution in [0.3, 0.4) is 0 Å². The van der Waals surface area contributed by atoms with Gasteiger partial charge in [0, 0.05) is 11.0 Å². The van der Waals surface area contributed by atoms with Gasteiger partial charge in [-0.1, -0.05) is 0 Å². The minimum atomic E-state index is -0.198. The second-order valence-electron chi connectivity index (χ2n) is 5.52. The fourth-order valence-corrected chi connectivity index (χ4v) is 3.38. The Morgan fingerprint density at radius 2 is 2.05 bits per heavy atom. The van der Waals surface area contributed by atoms with Crippen molar-refractivity contribution in [3.63, 3.8) is 0 Å². The smallest absolute Gasteiger partial charge is 0.123 e.